The first kappa shape index (κ1) is 23.1. The van der Waals surface area contributed by atoms with Crippen LogP contribution in [0.25, 0.3) is 0 Å². The quantitative estimate of drug-likeness (QED) is 0.440. The van der Waals surface area contributed by atoms with E-state index in [1.807, 2.05) is 60.7 Å². The molecule has 0 unspecified atom stereocenters. The van der Waals surface area contributed by atoms with Gasteiger partial charge in [-0.15, -0.1) is 0 Å². The van der Waals surface area contributed by atoms with E-state index < -0.39 is 23.6 Å². The fraction of sp³-hybridized carbons (Fsp3) is 0.320. The number of benzene rings is 2. The Morgan fingerprint density at radius 3 is 2.19 bits per heavy atom. The van der Waals surface area contributed by atoms with Gasteiger partial charge in [0.15, 0.2) is 0 Å². The molecule has 0 aromatic heterocycles. The summed E-state index contributed by atoms with van der Waals surface area (Å²) in [6.45, 7) is 2.13. The molecule has 0 heterocycles. The van der Waals surface area contributed by atoms with E-state index >= 15 is 0 Å². The monoisotopic (exact) mass is 436 g/mol. The minimum atomic E-state index is -0.825. The molecule has 2 N–H and O–H groups in total. The van der Waals surface area contributed by atoms with Gasteiger partial charge in [-0.05, 0) is 30.9 Å². The number of hydrogen-bond acceptors (Lipinski definition) is 5. The molecule has 0 bridgehead atoms. The first-order valence-corrected chi connectivity index (χ1v) is 10.7. The van der Waals surface area contributed by atoms with E-state index in [0.29, 0.717) is 19.3 Å². The maximum atomic E-state index is 13.1. The molecule has 3 rings (SSSR count). The molecule has 1 saturated carbocycles. The molecule has 1 fully saturated rings. The molecule has 0 aliphatic heterocycles. The third-order valence-corrected chi connectivity index (χ3v) is 5.09. The molecule has 1 aliphatic carbocycles. The van der Waals surface area contributed by atoms with E-state index in [-0.39, 0.29) is 19.1 Å². The fourth-order valence-corrected chi connectivity index (χ4v) is 3.18. The number of hydrogen-bond donors (Lipinski definition) is 2. The molecule has 2 amide bonds. The summed E-state index contributed by atoms with van der Waals surface area (Å²) in [7, 11) is 0. The van der Waals surface area contributed by atoms with Crippen molar-refractivity contribution in [1.29, 1.82) is 0 Å². The van der Waals surface area contributed by atoms with Gasteiger partial charge in [-0.2, -0.15) is 0 Å². The lowest BCUT2D eigenvalue weighted by atomic mass is 10.0. The molecular formula is C25H28N2O5. The van der Waals surface area contributed by atoms with E-state index in [1.165, 1.54) is 6.08 Å². The lowest BCUT2D eigenvalue weighted by Crippen LogP contribution is -2.51. The van der Waals surface area contributed by atoms with Crippen LogP contribution in [-0.2, 0) is 32.1 Å². The molecule has 0 radical (unpaired) electrons. The van der Waals surface area contributed by atoms with Gasteiger partial charge in [0.25, 0.3) is 0 Å². The van der Waals surface area contributed by atoms with Gasteiger partial charge in [0.1, 0.15) is 12.6 Å². The molecular weight excluding hydrogens is 408 g/mol. The van der Waals surface area contributed by atoms with Crippen molar-refractivity contribution >= 4 is 18.0 Å². The fourth-order valence-electron chi connectivity index (χ4n) is 3.18. The van der Waals surface area contributed by atoms with Crippen molar-refractivity contribution in [3.8, 4) is 0 Å². The molecule has 168 valence electrons. The van der Waals surface area contributed by atoms with E-state index in [1.54, 1.807) is 13.0 Å². The Labute approximate surface area is 187 Å². The predicted octanol–water partition coefficient (Wildman–Crippen LogP) is 3.29. The zero-order valence-electron chi connectivity index (χ0n) is 18.1. The third kappa shape index (κ3) is 7.27. The van der Waals surface area contributed by atoms with Gasteiger partial charge >= 0.3 is 12.1 Å². The van der Waals surface area contributed by atoms with Crippen LogP contribution in [0, 0.1) is 0 Å². The van der Waals surface area contributed by atoms with Gasteiger partial charge in [0.2, 0.25) is 5.91 Å². The Morgan fingerprint density at radius 1 is 0.969 bits per heavy atom. The molecule has 0 spiro atoms. The van der Waals surface area contributed by atoms with Crippen LogP contribution in [0.2, 0.25) is 0 Å². The summed E-state index contributed by atoms with van der Waals surface area (Å²) in [5.41, 5.74) is 1.17. The highest BCUT2D eigenvalue weighted by Crippen LogP contribution is 2.37. The molecule has 7 nitrogen and oxygen atoms in total. The molecule has 0 saturated heterocycles. The third-order valence-electron chi connectivity index (χ3n) is 5.09. The second-order valence-electron chi connectivity index (χ2n) is 7.68. The summed E-state index contributed by atoms with van der Waals surface area (Å²) in [6.07, 6.45) is 4.07. The highest BCUT2D eigenvalue weighted by atomic mass is 16.5. The van der Waals surface area contributed by atoms with Crippen molar-refractivity contribution in [3.63, 3.8) is 0 Å². The topological polar surface area (TPSA) is 93.7 Å². The van der Waals surface area contributed by atoms with Crippen molar-refractivity contribution in [2.45, 2.75) is 44.4 Å². The average Bonchev–Trinajstić information content (AvgIpc) is 3.57. The van der Waals surface area contributed by atoms with Crippen molar-refractivity contribution in [1.82, 2.24) is 10.6 Å². The number of rotatable bonds is 10. The first-order chi connectivity index (χ1) is 15.5. The largest absolute Gasteiger partial charge is 0.463 e. The number of nitrogens with one attached hydrogen (secondary N) is 2. The van der Waals surface area contributed by atoms with Crippen LogP contribution in [0.3, 0.4) is 0 Å². The number of amides is 2. The number of carbonyl (C=O) groups excluding carboxylic acids is 3. The van der Waals surface area contributed by atoms with E-state index in [2.05, 4.69) is 10.6 Å². The second-order valence-corrected chi connectivity index (χ2v) is 7.68. The SMILES string of the molecule is CCOC(=O)/C=C/C1(NC(=O)[C@H](Cc2ccccc2)NC(=O)OCc2ccccc2)CC1. The summed E-state index contributed by atoms with van der Waals surface area (Å²) in [4.78, 5) is 37.1. The minimum Gasteiger partial charge on any atom is -0.463 e. The van der Waals surface area contributed by atoms with E-state index in [9.17, 15) is 14.4 Å². The summed E-state index contributed by atoms with van der Waals surface area (Å²) in [6, 6.07) is 17.9. The van der Waals surface area contributed by atoms with Gasteiger partial charge in [0.05, 0.1) is 12.1 Å². The van der Waals surface area contributed by atoms with Crippen LogP contribution in [0.5, 0.6) is 0 Å². The first-order valence-electron chi connectivity index (χ1n) is 10.7. The van der Waals surface area contributed by atoms with Crippen molar-refractivity contribution < 1.29 is 23.9 Å². The van der Waals surface area contributed by atoms with Crippen LogP contribution in [-0.4, -0.2) is 36.2 Å². The Hall–Kier alpha value is -3.61. The zero-order chi connectivity index (χ0) is 22.8. The Balaban J connectivity index is 1.63. The number of ether oxygens (including phenoxy) is 2. The van der Waals surface area contributed by atoms with Crippen LogP contribution in [0.1, 0.15) is 30.9 Å². The number of alkyl carbamates (subject to hydrolysis) is 1. The minimum absolute atomic E-state index is 0.110. The van der Waals surface area contributed by atoms with Gasteiger partial charge in [-0.25, -0.2) is 9.59 Å². The van der Waals surface area contributed by atoms with Crippen LogP contribution >= 0.6 is 0 Å². The average molecular weight is 437 g/mol. The van der Waals surface area contributed by atoms with Gasteiger partial charge in [-0.1, -0.05) is 66.7 Å². The standard InChI is InChI=1S/C25H28N2O5/c1-2-31-22(28)13-14-25(15-16-25)27-23(29)21(17-19-9-5-3-6-10-19)26-24(30)32-18-20-11-7-4-8-12-20/h3-14,21H,2,15-18H2,1H3,(H,26,30)(H,27,29)/b14-13+/t21-/m0/s1. The van der Waals surface area contributed by atoms with E-state index in [4.69, 9.17) is 9.47 Å². The smallest absolute Gasteiger partial charge is 0.408 e. The Bertz CT molecular complexity index is 939. The Kier molecular flexibility index (Phi) is 8.02. The van der Waals surface area contributed by atoms with E-state index in [0.717, 1.165) is 11.1 Å². The van der Waals surface area contributed by atoms with Crippen molar-refractivity contribution in [2.24, 2.45) is 0 Å². The highest BCUT2D eigenvalue weighted by Gasteiger charge is 2.43. The molecule has 2 aromatic rings. The number of carbonyl (C=O) groups is 3. The van der Waals surface area contributed by atoms with Crippen LogP contribution in [0.4, 0.5) is 4.79 Å². The van der Waals surface area contributed by atoms with Crippen molar-refractivity contribution in [2.75, 3.05) is 6.61 Å². The van der Waals surface area contributed by atoms with Crippen LogP contribution in [0.15, 0.2) is 72.8 Å². The number of esters is 1. The second kappa shape index (κ2) is 11.1. The highest BCUT2D eigenvalue weighted by molar-refractivity contribution is 5.87. The van der Waals surface area contributed by atoms with Crippen LogP contribution < -0.4 is 10.6 Å². The lowest BCUT2D eigenvalue weighted by molar-refractivity contribution is -0.137. The predicted molar refractivity (Wildman–Crippen MR) is 120 cm³/mol. The Morgan fingerprint density at radius 2 is 1.59 bits per heavy atom. The molecule has 1 atom stereocenters. The summed E-state index contributed by atoms with van der Waals surface area (Å²) in [5, 5.41) is 5.64. The van der Waals surface area contributed by atoms with Gasteiger partial charge < -0.3 is 20.1 Å². The molecule has 2 aromatic carbocycles. The maximum absolute atomic E-state index is 13.1. The van der Waals surface area contributed by atoms with Gasteiger partial charge in [-0.3, -0.25) is 4.79 Å². The molecule has 32 heavy (non-hydrogen) atoms. The normalized spacial score (nSPS) is 14.9. The lowest BCUT2D eigenvalue weighted by Gasteiger charge is -2.21. The summed E-state index contributed by atoms with van der Waals surface area (Å²) in [5.74, 6) is -0.784. The summed E-state index contributed by atoms with van der Waals surface area (Å²) >= 11 is 0. The van der Waals surface area contributed by atoms with Crippen molar-refractivity contribution in [3.05, 3.63) is 83.9 Å². The zero-order valence-corrected chi connectivity index (χ0v) is 18.1. The summed E-state index contributed by atoms with van der Waals surface area (Å²) < 4.78 is 10.2. The van der Waals surface area contributed by atoms with Gasteiger partial charge in [0, 0.05) is 12.5 Å². The maximum Gasteiger partial charge on any atom is 0.408 e. The molecule has 1 aliphatic rings. The molecule has 7 heteroatoms.